The molecule has 2 N–H and O–H groups in total. The number of carbonyl (C=O) groups excluding carboxylic acids is 1. The molecule has 100 valence electrons. The summed E-state index contributed by atoms with van der Waals surface area (Å²) in [4.78, 5) is 15.1. The molecule has 1 saturated heterocycles. The summed E-state index contributed by atoms with van der Waals surface area (Å²) >= 11 is 1.52. The van der Waals surface area contributed by atoms with Gasteiger partial charge < -0.3 is 15.4 Å². The number of methoxy groups -OCH3 is 1. The molecule has 0 radical (unpaired) electrons. The summed E-state index contributed by atoms with van der Waals surface area (Å²) in [5, 5.41) is 1.04. The Balaban J connectivity index is 1.86. The number of carbonyl (C=O) groups is 1. The predicted molar refractivity (Wildman–Crippen MR) is 77.6 cm³/mol. The van der Waals surface area contributed by atoms with Crippen molar-refractivity contribution >= 4 is 33.0 Å². The van der Waals surface area contributed by atoms with E-state index in [4.69, 9.17) is 10.5 Å². The second-order valence-electron chi connectivity index (χ2n) is 4.81. The first kappa shape index (κ1) is 12.4. The highest BCUT2D eigenvalue weighted by atomic mass is 32.1. The Kier molecular flexibility index (Phi) is 3.16. The van der Waals surface area contributed by atoms with Gasteiger partial charge in [-0.3, -0.25) is 4.79 Å². The van der Waals surface area contributed by atoms with E-state index in [1.165, 1.54) is 11.3 Å². The second-order valence-corrected chi connectivity index (χ2v) is 5.89. The number of hydrogen-bond acceptors (Lipinski definition) is 4. The zero-order valence-corrected chi connectivity index (χ0v) is 11.6. The monoisotopic (exact) mass is 276 g/mol. The van der Waals surface area contributed by atoms with E-state index >= 15 is 0 Å². The van der Waals surface area contributed by atoms with Crippen molar-refractivity contribution in [3.05, 3.63) is 29.1 Å². The molecular formula is C14H16N2O2S. The van der Waals surface area contributed by atoms with Crippen molar-refractivity contribution in [3.63, 3.8) is 0 Å². The van der Waals surface area contributed by atoms with Crippen molar-refractivity contribution in [3.8, 4) is 0 Å². The highest BCUT2D eigenvalue weighted by Crippen LogP contribution is 2.29. The van der Waals surface area contributed by atoms with E-state index in [0.717, 1.165) is 33.6 Å². The number of thiophene rings is 1. The summed E-state index contributed by atoms with van der Waals surface area (Å²) in [6, 6.07) is 7.67. The van der Waals surface area contributed by atoms with Crippen molar-refractivity contribution in [1.29, 1.82) is 0 Å². The van der Waals surface area contributed by atoms with Gasteiger partial charge in [-0.15, -0.1) is 11.3 Å². The van der Waals surface area contributed by atoms with Crippen LogP contribution >= 0.6 is 11.3 Å². The van der Waals surface area contributed by atoms with Gasteiger partial charge in [0.15, 0.2) is 0 Å². The Morgan fingerprint density at radius 2 is 2.32 bits per heavy atom. The van der Waals surface area contributed by atoms with Crippen molar-refractivity contribution in [2.45, 2.75) is 12.5 Å². The summed E-state index contributed by atoms with van der Waals surface area (Å²) in [5.74, 6) is 0.0966. The minimum absolute atomic E-state index is 0.0966. The molecule has 0 bridgehead atoms. The molecule has 2 aromatic rings. The number of amides is 1. The fourth-order valence-electron chi connectivity index (χ4n) is 2.43. The Labute approximate surface area is 115 Å². The van der Waals surface area contributed by atoms with Crippen LogP contribution in [0.1, 0.15) is 16.1 Å². The van der Waals surface area contributed by atoms with E-state index < -0.39 is 0 Å². The first-order valence-electron chi connectivity index (χ1n) is 6.28. The van der Waals surface area contributed by atoms with Crippen molar-refractivity contribution in [1.82, 2.24) is 4.90 Å². The van der Waals surface area contributed by atoms with Crippen LogP contribution < -0.4 is 5.73 Å². The van der Waals surface area contributed by atoms with Crippen molar-refractivity contribution < 1.29 is 9.53 Å². The first-order chi connectivity index (χ1) is 9.17. The summed E-state index contributed by atoms with van der Waals surface area (Å²) in [7, 11) is 1.70. The van der Waals surface area contributed by atoms with Gasteiger partial charge in [0.2, 0.25) is 0 Å². The van der Waals surface area contributed by atoms with Gasteiger partial charge in [0.25, 0.3) is 5.91 Å². The van der Waals surface area contributed by atoms with Gasteiger partial charge in [0.05, 0.1) is 11.0 Å². The molecular weight excluding hydrogens is 260 g/mol. The molecule has 1 aromatic carbocycles. The molecule has 4 nitrogen and oxygen atoms in total. The molecule has 0 spiro atoms. The van der Waals surface area contributed by atoms with Crippen LogP contribution in [0.2, 0.25) is 0 Å². The maximum atomic E-state index is 12.4. The van der Waals surface area contributed by atoms with E-state index in [0.29, 0.717) is 6.54 Å². The number of ether oxygens (including phenoxy) is 1. The van der Waals surface area contributed by atoms with E-state index in [9.17, 15) is 4.79 Å². The zero-order chi connectivity index (χ0) is 13.4. The maximum Gasteiger partial charge on any atom is 0.264 e. The molecule has 0 aliphatic carbocycles. The van der Waals surface area contributed by atoms with E-state index in [1.807, 2.05) is 29.2 Å². The fourth-order valence-corrected chi connectivity index (χ4v) is 3.44. The van der Waals surface area contributed by atoms with Crippen molar-refractivity contribution in [2.75, 3.05) is 25.9 Å². The van der Waals surface area contributed by atoms with Crippen LogP contribution in [0.5, 0.6) is 0 Å². The van der Waals surface area contributed by atoms with Crippen LogP contribution in [0.25, 0.3) is 10.1 Å². The average molecular weight is 276 g/mol. The Bertz CT molecular complexity index is 623. The van der Waals surface area contributed by atoms with Crippen LogP contribution in [0.4, 0.5) is 5.69 Å². The minimum Gasteiger partial charge on any atom is -0.399 e. The lowest BCUT2D eigenvalue weighted by Gasteiger charge is -2.14. The lowest BCUT2D eigenvalue weighted by atomic mass is 10.2. The number of hydrogen-bond donors (Lipinski definition) is 1. The number of benzene rings is 1. The molecule has 1 aliphatic heterocycles. The number of rotatable bonds is 2. The third-order valence-electron chi connectivity index (χ3n) is 3.52. The highest BCUT2D eigenvalue weighted by Gasteiger charge is 2.27. The number of nitrogen functional groups attached to an aromatic ring is 1. The van der Waals surface area contributed by atoms with Crippen LogP contribution in [-0.2, 0) is 4.74 Å². The summed E-state index contributed by atoms with van der Waals surface area (Å²) < 4.78 is 6.39. The molecule has 1 atom stereocenters. The topological polar surface area (TPSA) is 55.6 Å². The third kappa shape index (κ3) is 2.31. The largest absolute Gasteiger partial charge is 0.399 e. The normalized spacial score (nSPS) is 19.2. The quantitative estimate of drug-likeness (QED) is 0.857. The zero-order valence-electron chi connectivity index (χ0n) is 10.8. The van der Waals surface area contributed by atoms with Crippen LogP contribution in [-0.4, -0.2) is 37.1 Å². The van der Waals surface area contributed by atoms with E-state index in [-0.39, 0.29) is 12.0 Å². The average Bonchev–Trinajstić information content (AvgIpc) is 3.03. The molecule has 19 heavy (non-hydrogen) atoms. The standard InChI is InChI=1S/C14H16N2O2S/c1-18-11-4-5-16(8-11)14(17)13-7-9-6-10(15)2-3-12(9)19-13/h2-3,6-7,11H,4-5,8,15H2,1H3. The number of anilines is 1. The molecule has 1 aromatic heterocycles. The van der Waals surface area contributed by atoms with Gasteiger partial charge >= 0.3 is 0 Å². The van der Waals surface area contributed by atoms with Crippen LogP contribution in [0.15, 0.2) is 24.3 Å². The van der Waals surface area contributed by atoms with Gasteiger partial charge in [-0.25, -0.2) is 0 Å². The maximum absolute atomic E-state index is 12.4. The molecule has 2 heterocycles. The Morgan fingerprint density at radius 1 is 1.47 bits per heavy atom. The van der Waals surface area contributed by atoms with Crippen molar-refractivity contribution in [2.24, 2.45) is 0 Å². The summed E-state index contributed by atoms with van der Waals surface area (Å²) in [5.41, 5.74) is 6.49. The summed E-state index contributed by atoms with van der Waals surface area (Å²) in [6.07, 6.45) is 1.09. The molecule has 1 amide bonds. The van der Waals surface area contributed by atoms with E-state index in [1.54, 1.807) is 7.11 Å². The molecule has 3 rings (SSSR count). The molecule has 5 heteroatoms. The molecule has 1 fully saturated rings. The van der Waals surface area contributed by atoms with Crippen LogP contribution in [0, 0.1) is 0 Å². The van der Waals surface area contributed by atoms with Gasteiger partial charge in [-0.05, 0) is 36.1 Å². The lowest BCUT2D eigenvalue weighted by Crippen LogP contribution is -2.29. The SMILES string of the molecule is COC1CCN(C(=O)c2cc3cc(N)ccc3s2)C1. The van der Waals surface area contributed by atoms with Gasteiger partial charge in [0.1, 0.15) is 0 Å². The third-order valence-corrected chi connectivity index (χ3v) is 4.62. The number of likely N-dealkylation sites (tertiary alicyclic amines) is 1. The minimum atomic E-state index is 0.0966. The molecule has 1 aliphatic rings. The first-order valence-corrected chi connectivity index (χ1v) is 7.10. The van der Waals surface area contributed by atoms with Gasteiger partial charge in [0, 0.05) is 30.6 Å². The fraction of sp³-hybridized carbons (Fsp3) is 0.357. The smallest absolute Gasteiger partial charge is 0.264 e. The highest BCUT2D eigenvalue weighted by molar-refractivity contribution is 7.20. The number of nitrogens with zero attached hydrogens (tertiary/aromatic N) is 1. The Hall–Kier alpha value is -1.59. The number of nitrogens with two attached hydrogens (primary N) is 1. The van der Waals surface area contributed by atoms with E-state index in [2.05, 4.69) is 0 Å². The Morgan fingerprint density at radius 3 is 3.05 bits per heavy atom. The number of fused-ring (bicyclic) bond motifs is 1. The molecule has 0 saturated carbocycles. The van der Waals surface area contributed by atoms with Gasteiger partial charge in [-0.1, -0.05) is 0 Å². The molecule has 1 unspecified atom stereocenters. The lowest BCUT2D eigenvalue weighted by molar-refractivity contribution is 0.0728. The summed E-state index contributed by atoms with van der Waals surface area (Å²) in [6.45, 7) is 1.46. The second kappa shape index (κ2) is 4.83. The predicted octanol–water partition coefficient (Wildman–Crippen LogP) is 2.34. The van der Waals surface area contributed by atoms with Gasteiger partial charge in [-0.2, -0.15) is 0 Å². The van der Waals surface area contributed by atoms with Crippen LogP contribution in [0.3, 0.4) is 0 Å².